The van der Waals surface area contributed by atoms with Crippen LogP contribution in [0, 0.1) is 5.92 Å². The molecule has 2 unspecified atom stereocenters. The summed E-state index contributed by atoms with van der Waals surface area (Å²) >= 11 is 0. The van der Waals surface area contributed by atoms with Gasteiger partial charge in [0.1, 0.15) is 0 Å². The van der Waals surface area contributed by atoms with Crippen molar-refractivity contribution in [3.05, 3.63) is 29.3 Å². The van der Waals surface area contributed by atoms with Crippen LogP contribution >= 0.6 is 0 Å². The first kappa shape index (κ1) is 13.6. The van der Waals surface area contributed by atoms with Crippen molar-refractivity contribution in [2.45, 2.75) is 57.4 Å². The summed E-state index contributed by atoms with van der Waals surface area (Å²) in [6.45, 7) is 0. The summed E-state index contributed by atoms with van der Waals surface area (Å²) in [6, 6.07) is 6.53. The van der Waals surface area contributed by atoms with Crippen LogP contribution in [-0.2, 0) is 17.6 Å². The van der Waals surface area contributed by atoms with Crippen molar-refractivity contribution >= 4 is 11.6 Å². The Hall–Kier alpha value is -1.35. The van der Waals surface area contributed by atoms with Crippen molar-refractivity contribution in [3.8, 4) is 0 Å². The van der Waals surface area contributed by atoms with Crippen LogP contribution < -0.4 is 11.1 Å². The highest BCUT2D eigenvalue weighted by Gasteiger charge is 2.24. The molecular weight excluding hydrogens is 248 g/mol. The van der Waals surface area contributed by atoms with Gasteiger partial charge in [-0.3, -0.25) is 4.79 Å². The van der Waals surface area contributed by atoms with Gasteiger partial charge in [-0.25, -0.2) is 0 Å². The van der Waals surface area contributed by atoms with Crippen molar-refractivity contribution in [1.82, 2.24) is 0 Å². The second kappa shape index (κ2) is 5.96. The van der Waals surface area contributed by atoms with Crippen LogP contribution in [0.25, 0.3) is 0 Å². The van der Waals surface area contributed by atoms with Gasteiger partial charge in [-0.1, -0.05) is 18.9 Å². The average Bonchev–Trinajstić information content (AvgIpc) is 2.89. The van der Waals surface area contributed by atoms with Gasteiger partial charge in [-0.15, -0.1) is 0 Å². The Balaban J connectivity index is 1.58. The van der Waals surface area contributed by atoms with Gasteiger partial charge in [0.05, 0.1) is 0 Å². The molecule has 1 aromatic rings. The number of amides is 1. The van der Waals surface area contributed by atoms with Gasteiger partial charge < -0.3 is 11.1 Å². The number of rotatable bonds is 3. The minimum atomic E-state index is 0.116. The van der Waals surface area contributed by atoms with E-state index in [1.807, 2.05) is 6.07 Å². The Morgan fingerprint density at radius 1 is 1.15 bits per heavy atom. The third-order valence-electron chi connectivity index (χ3n) is 4.80. The first-order valence-electron chi connectivity index (χ1n) is 7.89. The van der Waals surface area contributed by atoms with E-state index in [9.17, 15) is 4.79 Å². The molecule has 0 saturated heterocycles. The van der Waals surface area contributed by atoms with Crippen LogP contribution in [-0.4, -0.2) is 11.9 Å². The van der Waals surface area contributed by atoms with Gasteiger partial charge in [-0.05, 0) is 61.3 Å². The fourth-order valence-electron chi connectivity index (χ4n) is 3.59. The molecule has 3 N–H and O–H groups in total. The van der Waals surface area contributed by atoms with Crippen LogP contribution in [0.2, 0.25) is 0 Å². The Morgan fingerprint density at radius 2 is 1.95 bits per heavy atom. The zero-order chi connectivity index (χ0) is 13.9. The number of fused-ring (bicyclic) bond motifs is 1. The molecule has 0 aromatic heterocycles. The molecule has 108 valence electrons. The summed E-state index contributed by atoms with van der Waals surface area (Å²) in [5.74, 6) is 0.475. The normalized spacial score (nSPS) is 25.2. The summed E-state index contributed by atoms with van der Waals surface area (Å²) in [4.78, 5) is 12.2. The Kier molecular flexibility index (Phi) is 4.06. The maximum atomic E-state index is 12.2. The van der Waals surface area contributed by atoms with Crippen molar-refractivity contribution in [2.75, 3.05) is 5.32 Å². The number of hydrogen-bond acceptors (Lipinski definition) is 2. The van der Waals surface area contributed by atoms with Gasteiger partial charge >= 0.3 is 0 Å². The quantitative estimate of drug-likeness (QED) is 0.888. The zero-order valence-corrected chi connectivity index (χ0v) is 12.0. The molecule has 0 heterocycles. The first-order valence-corrected chi connectivity index (χ1v) is 7.89. The molecule has 3 nitrogen and oxygen atoms in total. The predicted octanol–water partition coefficient (Wildman–Crippen LogP) is 3.02. The number of carbonyl (C=O) groups excluding carboxylic acids is 1. The molecule has 1 aromatic carbocycles. The summed E-state index contributed by atoms with van der Waals surface area (Å²) < 4.78 is 0. The van der Waals surface area contributed by atoms with E-state index in [1.54, 1.807) is 0 Å². The van der Waals surface area contributed by atoms with Gasteiger partial charge in [0.15, 0.2) is 0 Å². The van der Waals surface area contributed by atoms with Crippen LogP contribution in [0.1, 0.15) is 49.7 Å². The molecule has 2 atom stereocenters. The van der Waals surface area contributed by atoms with Gasteiger partial charge in [0, 0.05) is 18.2 Å². The topological polar surface area (TPSA) is 55.1 Å². The largest absolute Gasteiger partial charge is 0.327 e. The fraction of sp³-hybridized carbons (Fsp3) is 0.588. The highest BCUT2D eigenvalue weighted by molar-refractivity contribution is 5.91. The van der Waals surface area contributed by atoms with Crippen LogP contribution in [0.5, 0.6) is 0 Å². The van der Waals surface area contributed by atoms with E-state index in [0.29, 0.717) is 12.3 Å². The van der Waals surface area contributed by atoms with E-state index in [-0.39, 0.29) is 11.9 Å². The zero-order valence-electron chi connectivity index (χ0n) is 12.0. The second-order valence-electron chi connectivity index (χ2n) is 6.30. The Labute approximate surface area is 120 Å². The van der Waals surface area contributed by atoms with Crippen molar-refractivity contribution < 1.29 is 4.79 Å². The minimum Gasteiger partial charge on any atom is -0.327 e. The van der Waals surface area contributed by atoms with Gasteiger partial charge in [0.25, 0.3) is 0 Å². The summed E-state index contributed by atoms with van der Waals surface area (Å²) in [6.07, 6.45) is 8.72. The predicted molar refractivity (Wildman–Crippen MR) is 81.6 cm³/mol. The smallest absolute Gasteiger partial charge is 0.224 e. The van der Waals surface area contributed by atoms with Gasteiger partial charge in [0.2, 0.25) is 5.91 Å². The molecule has 20 heavy (non-hydrogen) atoms. The molecular formula is C17H24N2O. The molecule has 0 bridgehead atoms. The van der Waals surface area contributed by atoms with E-state index in [4.69, 9.17) is 5.73 Å². The molecule has 0 spiro atoms. The van der Waals surface area contributed by atoms with E-state index >= 15 is 0 Å². The van der Waals surface area contributed by atoms with Crippen LogP contribution in [0.4, 0.5) is 5.69 Å². The molecule has 1 fully saturated rings. The van der Waals surface area contributed by atoms with Crippen molar-refractivity contribution in [2.24, 2.45) is 11.7 Å². The highest BCUT2D eigenvalue weighted by Crippen LogP contribution is 2.27. The van der Waals surface area contributed by atoms with E-state index < -0.39 is 0 Å². The molecule has 1 amide bonds. The lowest BCUT2D eigenvalue weighted by molar-refractivity contribution is -0.117. The summed E-state index contributed by atoms with van der Waals surface area (Å²) in [7, 11) is 0. The molecule has 2 aliphatic carbocycles. The molecule has 3 heteroatoms. The minimum absolute atomic E-state index is 0.116. The van der Waals surface area contributed by atoms with Crippen molar-refractivity contribution in [1.29, 1.82) is 0 Å². The lowest BCUT2D eigenvalue weighted by atomic mass is 9.83. The van der Waals surface area contributed by atoms with Crippen LogP contribution in [0.15, 0.2) is 18.2 Å². The second-order valence-corrected chi connectivity index (χ2v) is 6.30. The Bertz CT molecular complexity index is 498. The van der Waals surface area contributed by atoms with Crippen LogP contribution in [0.3, 0.4) is 0 Å². The van der Waals surface area contributed by atoms with Gasteiger partial charge in [-0.2, -0.15) is 0 Å². The fourth-order valence-corrected chi connectivity index (χ4v) is 3.59. The maximum Gasteiger partial charge on any atom is 0.224 e. The SMILES string of the molecule is NC1CCCCC1CC(=O)Nc1ccc2c(c1)CCC2. The van der Waals surface area contributed by atoms with Crippen molar-refractivity contribution in [3.63, 3.8) is 0 Å². The third-order valence-corrected chi connectivity index (χ3v) is 4.80. The van der Waals surface area contributed by atoms with E-state index in [2.05, 4.69) is 17.4 Å². The Morgan fingerprint density at radius 3 is 2.80 bits per heavy atom. The monoisotopic (exact) mass is 272 g/mol. The summed E-state index contributed by atoms with van der Waals surface area (Å²) in [5, 5.41) is 3.04. The number of anilines is 1. The number of aryl methyl sites for hydroxylation is 2. The number of nitrogens with one attached hydrogen (secondary N) is 1. The average molecular weight is 272 g/mol. The number of benzene rings is 1. The molecule has 0 radical (unpaired) electrons. The number of nitrogens with two attached hydrogens (primary N) is 1. The van der Waals surface area contributed by atoms with E-state index in [0.717, 1.165) is 24.9 Å². The lowest BCUT2D eigenvalue weighted by Crippen LogP contribution is -2.35. The highest BCUT2D eigenvalue weighted by atomic mass is 16.1. The maximum absolute atomic E-state index is 12.2. The lowest BCUT2D eigenvalue weighted by Gasteiger charge is -2.27. The standard InChI is InChI=1S/C17H24N2O/c18-16-7-2-1-4-14(16)11-17(20)19-15-9-8-12-5-3-6-13(12)10-15/h8-10,14,16H,1-7,11,18H2,(H,19,20). The number of hydrogen-bond donors (Lipinski definition) is 2. The molecule has 3 rings (SSSR count). The summed E-state index contributed by atoms with van der Waals surface area (Å²) in [5.41, 5.74) is 9.90. The molecule has 0 aliphatic heterocycles. The molecule has 1 saturated carbocycles. The molecule has 2 aliphatic rings. The third kappa shape index (κ3) is 3.04. The first-order chi connectivity index (χ1) is 9.72. The number of carbonyl (C=O) groups is 1. The van der Waals surface area contributed by atoms with E-state index in [1.165, 1.54) is 36.8 Å².